The molecule has 0 saturated carbocycles. The van der Waals surface area contributed by atoms with Crippen LogP contribution in [0.2, 0.25) is 0 Å². The molecular formula is C16H14F2O3. The van der Waals surface area contributed by atoms with Gasteiger partial charge in [-0.1, -0.05) is 18.2 Å². The molecule has 2 aromatic carbocycles. The number of ether oxygens (including phenoxy) is 2. The van der Waals surface area contributed by atoms with Crippen LogP contribution >= 0.6 is 0 Å². The lowest BCUT2D eigenvalue weighted by atomic mass is 10.0. The lowest BCUT2D eigenvalue weighted by Crippen LogP contribution is -2.08. The number of benzene rings is 2. The molecule has 110 valence electrons. The first-order valence-corrected chi connectivity index (χ1v) is 6.28. The summed E-state index contributed by atoms with van der Waals surface area (Å²) in [6, 6.07) is 12.1. The van der Waals surface area contributed by atoms with Crippen molar-refractivity contribution in [1.29, 1.82) is 0 Å². The van der Waals surface area contributed by atoms with Gasteiger partial charge in [-0.2, -0.15) is 0 Å². The average molecular weight is 292 g/mol. The lowest BCUT2D eigenvalue weighted by molar-refractivity contribution is 0.0809. The highest BCUT2D eigenvalue weighted by Crippen LogP contribution is 2.29. The fraction of sp³-hybridized carbons (Fsp3) is 0.188. The van der Waals surface area contributed by atoms with Gasteiger partial charge in [0.05, 0.1) is 12.7 Å². The first-order chi connectivity index (χ1) is 10.1. The normalized spacial score (nSPS) is 10.5. The fourth-order valence-corrected chi connectivity index (χ4v) is 1.89. The van der Waals surface area contributed by atoms with Crippen molar-refractivity contribution in [3.8, 4) is 22.6 Å². The van der Waals surface area contributed by atoms with E-state index in [9.17, 15) is 13.6 Å². The van der Waals surface area contributed by atoms with Crippen molar-refractivity contribution in [3.05, 3.63) is 48.0 Å². The van der Waals surface area contributed by atoms with Gasteiger partial charge in [0.25, 0.3) is 6.43 Å². The maximum absolute atomic E-state index is 12.2. The van der Waals surface area contributed by atoms with Gasteiger partial charge in [0.2, 0.25) is 0 Å². The summed E-state index contributed by atoms with van der Waals surface area (Å²) in [6.07, 6.45) is -2.01. The van der Waals surface area contributed by atoms with Gasteiger partial charge in [-0.05, 0) is 35.4 Å². The van der Waals surface area contributed by atoms with Crippen LogP contribution in [-0.2, 0) is 0 Å². The molecule has 0 heterocycles. The fourth-order valence-electron chi connectivity index (χ4n) is 1.89. The molecule has 0 radical (unpaired) electrons. The molecule has 21 heavy (non-hydrogen) atoms. The summed E-state index contributed by atoms with van der Waals surface area (Å²) < 4.78 is 34.6. The Morgan fingerprint density at radius 2 is 1.90 bits per heavy atom. The molecule has 3 nitrogen and oxygen atoms in total. The van der Waals surface area contributed by atoms with Gasteiger partial charge in [-0.25, -0.2) is 8.78 Å². The smallest absolute Gasteiger partial charge is 0.272 e. The summed E-state index contributed by atoms with van der Waals surface area (Å²) in [5.74, 6) is 0.827. The van der Waals surface area contributed by atoms with Crippen molar-refractivity contribution in [1.82, 2.24) is 0 Å². The van der Waals surface area contributed by atoms with E-state index < -0.39 is 13.0 Å². The predicted octanol–water partition coefficient (Wildman–Crippen LogP) is 3.82. The third-order valence-corrected chi connectivity index (χ3v) is 2.91. The van der Waals surface area contributed by atoms with Crippen LogP contribution in [0.1, 0.15) is 10.4 Å². The van der Waals surface area contributed by atoms with E-state index in [1.807, 2.05) is 18.2 Å². The maximum atomic E-state index is 12.2. The Bertz CT molecular complexity index is 627. The summed E-state index contributed by atoms with van der Waals surface area (Å²) >= 11 is 0. The molecule has 5 heteroatoms. The van der Waals surface area contributed by atoms with Crippen LogP contribution in [-0.4, -0.2) is 26.4 Å². The summed E-state index contributed by atoms with van der Waals surface area (Å²) in [4.78, 5) is 10.9. The summed E-state index contributed by atoms with van der Waals surface area (Å²) in [5.41, 5.74) is 1.83. The third-order valence-electron chi connectivity index (χ3n) is 2.91. The standard InChI is InChI=1S/C16H14F2O3/c1-20-14-4-2-3-11(7-14)12-5-6-13(9-19)15(8-12)21-10-16(17)18/h2-9,16H,10H2,1H3. The number of halogens is 2. The minimum absolute atomic E-state index is 0.144. The number of methoxy groups -OCH3 is 1. The van der Waals surface area contributed by atoms with Crippen molar-refractivity contribution >= 4 is 6.29 Å². The molecule has 0 bridgehead atoms. The SMILES string of the molecule is COc1cccc(-c2ccc(C=O)c(OCC(F)F)c2)c1. The molecule has 0 N–H and O–H groups in total. The Morgan fingerprint density at radius 1 is 1.14 bits per heavy atom. The number of hydrogen-bond donors (Lipinski definition) is 0. The largest absolute Gasteiger partial charge is 0.497 e. The van der Waals surface area contributed by atoms with Gasteiger partial charge in [0.1, 0.15) is 18.1 Å². The van der Waals surface area contributed by atoms with Crippen LogP contribution in [0.25, 0.3) is 11.1 Å². The summed E-state index contributed by atoms with van der Waals surface area (Å²) in [5, 5.41) is 0. The molecule has 2 aromatic rings. The number of carbonyl (C=O) groups is 1. The molecule has 0 saturated heterocycles. The second-order valence-electron chi connectivity index (χ2n) is 4.30. The highest BCUT2D eigenvalue weighted by molar-refractivity contribution is 5.82. The van der Waals surface area contributed by atoms with Crippen LogP contribution in [0.3, 0.4) is 0 Å². The molecule has 0 unspecified atom stereocenters. The molecule has 0 aliphatic carbocycles. The van der Waals surface area contributed by atoms with Crippen LogP contribution in [0.4, 0.5) is 8.78 Å². The Hall–Kier alpha value is -2.43. The molecule has 0 fully saturated rings. The van der Waals surface area contributed by atoms with Crippen molar-refractivity contribution in [2.24, 2.45) is 0 Å². The van der Waals surface area contributed by atoms with E-state index in [-0.39, 0.29) is 11.3 Å². The van der Waals surface area contributed by atoms with Crippen molar-refractivity contribution < 1.29 is 23.0 Å². The van der Waals surface area contributed by atoms with Gasteiger partial charge in [0.15, 0.2) is 6.29 Å². The van der Waals surface area contributed by atoms with E-state index >= 15 is 0 Å². The predicted molar refractivity (Wildman–Crippen MR) is 75.3 cm³/mol. The molecule has 2 rings (SSSR count). The highest BCUT2D eigenvalue weighted by Gasteiger charge is 2.10. The second kappa shape index (κ2) is 6.83. The Morgan fingerprint density at radius 3 is 2.57 bits per heavy atom. The molecule has 0 spiro atoms. The van der Waals surface area contributed by atoms with Crippen LogP contribution < -0.4 is 9.47 Å². The molecule has 0 aromatic heterocycles. The van der Waals surface area contributed by atoms with Gasteiger partial charge in [-0.3, -0.25) is 4.79 Å². The third kappa shape index (κ3) is 3.78. The minimum atomic E-state index is -2.59. The Labute approximate surface area is 121 Å². The first kappa shape index (κ1) is 15.0. The van der Waals surface area contributed by atoms with E-state index in [4.69, 9.17) is 9.47 Å². The summed E-state index contributed by atoms with van der Waals surface area (Å²) in [7, 11) is 1.56. The minimum Gasteiger partial charge on any atom is -0.497 e. The highest BCUT2D eigenvalue weighted by atomic mass is 19.3. The average Bonchev–Trinajstić information content (AvgIpc) is 2.52. The number of aldehydes is 1. The zero-order chi connectivity index (χ0) is 15.2. The lowest BCUT2D eigenvalue weighted by Gasteiger charge is -2.11. The van der Waals surface area contributed by atoms with Crippen molar-refractivity contribution in [2.45, 2.75) is 6.43 Å². The van der Waals surface area contributed by atoms with Crippen LogP contribution in [0.15, 0.2) is 42.5 Å². The molecule has 0 atom stereocenters. The van der Waals surface area contributed by atoms with Crippen molar-refractivity contribution in [3.63, 3.8) is 0 Å². The number of rotatable bonds is 6. The van der Waals surface area contributed by atoms with Gasteiger partial charge in [0, 0.05) is 0 Å². The number of carbonyl (C=O) groups excluding carboxylic acids is 1. The van der Waals surface area contributed by atoms with E-state index in [0.717, 1.165) is 11.1 Å². The van der Waals surface area contributed by atoms with Gasteiger partial charge < -0.3 is 9.47 Å². The molecule has 0 aliphatic heterocycles. The number of hydrogen-bond acceptors (Lipinski definition) is 3. The molecule has 0 aliphatic rings. The van der Waals surface area contributed by atoms with E-state index in [1.165, 1.54) is 0 Å². The topological polar surface area (TPSA) is 35.5 Å². The zero-order valence-electron chi connectivity index (χ0n) is 11.4. The van der Waals surface area contributed by atoms with E-state index in [2.05, 4.69) is 0 Å². The zero-order valence-corrected chi connectivity index (χ0v) is 11.4. The van der Waals surface area contributed by atoms with Crippen LogP contribution in [0.5, 0.6) is 11.5 Å². The van der Waals surface area contributed by atoms with Crippen LogP contribution in [0, 0.1) is 0 Å². The molecule has 0 amide bonds. The second-order valence-corrected chi connectivity index (χ2v) is 4.30. The molecular weight excluding hydrogens is 278 g/mol. The van der Waals surface area contributed by atoms with E-state index in [0.29, 0.717) is 12.0 Å². The first-order valence-electron chi connectivity index (χ1n) is 6.28. The van der Waals surface area contributed by atoms with Gasteiger partial charge >= 0.3 is 0 Å². The van der Waals surface area contributed by atoms with E-state index in [1.54, 1.807) is 31.4 Å². The quantitative estimate of drug-likeness (QED) is 0.759. The summed E-state index contributed by atoms with van der Waals surface area (Å²) in [6.45, 7) is -0.748. The number of alkyl halides is 2. The Balaban J connectivity index is 2.35. The van der Waals surface area contributed by atoms with Gasteiger partial charge in [-0.15, -0.1) is 0 Å². The maximum Gasteiger partial charge on any atom is 0.272 e. The monoisotopic (exact) mass is 292 g/mol. The Kier molecular flexibility index (Phi) is 4.87. The van der Waals surface area contributed by atoms with Crippen molar-refractivity contribution in [2.75, 3.05) is 13.7 Å².